The third-order valence-electron chi connectivity index (χ3n) is 2.59. The molecule has 0 saturated carbocycles. The van der Waals surface area contributed by atoms with Crippen LogP contribution < -0.4 is 14.8 Å². The number of hydrogen-bond acceptors (Lipinski definition) is 4. The Bertz CT molecular complexity index is 575. The molecule has 1 aromatic heterocycles. The normalized spacial score (nSPS) is 13.2. The van der Waals surface area contributed by atoms with Crippen molar-refractivity contribution in [3.05, 3.63) is 41.1 Å². The van der Waals surface area contributed by atoms with E-state index in [1.165, 1.54) is 0 Å². The molecule has 0 bridgehead atoms. The summed E-state index contributed by atoms with van der Waals surface area (Å²) in [4.78, 5) is 4.03. The minimum Gasteiger partial charge on any atom is -0.486 e. The maximum atomic E-state index is 5.54. The minimum absolute atomic E-state index is 0.593. The lowest BCUT2D eigenvalue weighted by molar-refractivity contribution is 0.171. The van der Waals surface area contributed by atoms with Gasteiger partial charge in [0.1, 0.15) is 13.2 Å². The van der Waals surface area contributed by atoms with Gasteiger partial charge >= 0.3 is 0 Å². The number of halogens is 1. The third-order valence-corrected chi connectivity index (χ3v) is 3.23. The van der Waals surface area contributed by atoms with Gasteiger partial charge in [-0.15, -0.1) is 0 Å². The van der Waals surface area contributed by atoms with Crippen molar-refractivity contribution in [3.63, 3.8) is 0 Å². The number of hydrogen-bond donors (Lipinski definition) is 1. The number of rotatable bonds is 2. The fourth-order valence-corrected chi connectivity index (χ4v) is 2.10. The molecule has 3 rings (SSSR count). The highest BCUT2D eigenvalue weighted by atomic mass is 79.9. The van der Waals surface area contributed by atoms with E-state index >= 15 is 0 Å². The number of pyridine rings is 1. The molecule has 0 saturated heterocycles. The first kappa shape index (κ1) is 11.3. The zero-order valence-corrected chi connectivity index (χ0v) is 11.1. The van der Waals surface area contributed by atoms with Crippen LogP contribution in [-0.4, -0.2) is 18.2 Å². The maximum Gasteiger partial charge on any atom is 0.163 e. The zero-order valence-electron chi connectivity index (χ0n) is 9.52. The van der Waals surface area contributed by atoms with Crippen LogP contribution in [0.3, 0.4) is 0 Å². The highest BCUT2D eigenvalue weighted by Crippen LogP contribution is 2.34. The van der Waals surface area contributed by atoms with E-state index in [4.69, 9.17) is 9.47 Å². The van der Waals surface area contributed by atoms with Gasteiger partial charge in [-0.1, -0.05) is 0 Å². The summed E-state index contributed by atoms with van der Waals surface area (Å²) in [6.45, 7) is 1.20. The van der Waals surface area contributed by atoms with Gasteiger partial charge < -0.3 is 14.8 Å². The first-order valence-corrected chi connectivity index (χ1v) is 6.38. The Labute approximate surface area is 113 Å². The van der Waals surface area contributed by atoms with Gasteiger partial charge in [0.2, 0.25) is 0 Å². The molecule has 4 nitrogen and oxygen atoms in total. The molecule has 1 N–H and O–H groups in total. The topological polar surface area (TPSA) is 43.4 Å². The Morgan fingerprint density at radius 2 is 1.94 bits per heavy atom. The summed E-state index contributed by atoms with van der Waals surface area (Å²) in [5.41, 5.74) is 1.91. The molecule has 0 spiro atoms. The molecule has 0 atom stereocenters. The van der Waals surface area contributed by atoms with Crippen molar-refractivity contribution >= 4 is 27.3 Å². The van der Waals surface area contributed by atoms with E-state index in [0.717, 1.165) is 27.3 Å². The number of nitrogens with one attached hydrogen (secondary N) is 1. The van der Waals surface area contributed by atoms with E-state index in [1.807, 2.05) is 24.3 Å². The summed E-state index contributed by atoms with van der Waals surface area (Å²) >= 11 is 3.45. The van der Waals surface area contributed by atoms with Crippen LogP contribution in [-0.2, 0) is 0 Å². The van der Waals surface area contributed by atoms with Gasteiger partial charge in [0.25, 0.3) is 0 Å². The molecule has 2 heterocycles. The Kier molecular flexibility index (Phi) is 3.06. The number of fused-ring (bicyclic) bond motifs is 1. The monoisotopic (exact) mass is 306 g/mol. The van der Waals surface area contributed by atoms with Gasteiger partial charge in [-0.25, -0.2) is 0 Å². The van der Waals surface area contributed by atoms with Crippen molar-refractivity contribution in [3.8, 4) is 11.5 Å². The summed E-state index contributed by atoms with van der Waals surface area (Å²) in [7, 11) is 0. The second kappa shape index (κ2) is 4.86. The predicted molar refractivity (Wildman–Crippen MR) is 72.7 cm³/mol. The van der Waals surface area contributed by atoms with Crippen LogP contribution in [0.4, 0.5) is 11.4 Å². The highest BCUT2D eigenvalue weighted by Gasteiger charge is 2.11. The molecule has 0 aliphatic carbocycles. The number of nitrogens with zero attached hydrogens (tertiary/aromatic N) is 1. The molecule has 1 aromatic carbocycles. The lowest BCUT2D eigenvalue weighted by Crippen LogP contribution is -2.15. The summed E-state index contributed by atoms with van der Waals surface area (Å²) in [6.07, 6.45) is 3.49. The molecule has 1 aliphatic heterocycles. The fraction of sp³-hybridized carbons (Fsp3) is 0.154. The molecule has 18 heavy (non-hydrogen) atoms. The van der Waals surface area contributed by atoms with Gasteiger partial charge in [-0.3, -0.25) is 4.98 Å². The third kappa shape index (κ3) is 2.26. The maximum absolute atomic E-state index is 5.54. The summed E-state index contributed by atoms with van der Waals surface area (Å²) < 4.78 is 11.9. The second-order valence-electron chi connectivity index (χ2n) is 3.84. The zero-order chi connectivity index (χ0) is 12.4. The van der Waals surface area contributed by atoms with E-state index < -0.39 is 0 Å². The van der Waals surface area contributed by atoms with E-state index in [-0.39, 0.29) is 0 Å². The van der Waals surface area contributed by atoms with Crippen LogP contribution >= 0.6 is 15.9 Å². The lowest BCUT2D eigenvalue weighted by Gasteiger charge is -2.19. The molecule has 5 heteroatoms. The van der Waals surface area contributed by atoms with Crippen LogP contribution in [0, 0.1) is 0 Å². The Balaban J connectivity index is 1.87. The highest BCUT2D eigenvalue weighted by molar-refractivity contribution is 9.10. The molecule has 0 fully saturated rings. The first-order valence-electron chi connectivity index (χ1n) is 5.59. The van der Waals surface area contributed by atoms with E-state index in [2.05, 4.69) is 26.2 Å². The standard InChI is InChI=1S/C13H11BrN2O2/c14-10-8-15-4-3-11(10)16-9-1-2-12-13(7-9)18-6-5-17-12/h1-4,7-8H,5-6H2,(H,15,16). The van der Waals surface area contributed by atoms with E-state index in [0.29, 0.717) is 13.2 Å². The summed E-state index contributed by atoms with van der Waals surface area (Å²) in [6, 6.07) is 7.70. The van der Waals surface area contributed by atoms with Crippen LogP contribution in [0.2, 0.25) is 0 Å². The molecule has 2 aromatic rings. The van der Waals surface area contributed by atoms with Gasteiger partial charge in [-0.05, 0) is 34.1 Å². The van der Waals surface area contributed by atoms with Crippen LogP contribution in [0.1, 0.15) is 0 Å². The van der Waals surface area contributed by atoms with E-state index in [9.17, 15) is 0 Å². The van der Waals surface area contributed by atoms with Gasteiger partial charge in [0.05, 0.1) is 10.2 Å². The van der Waals surface area contributed by atoms with Crippen molar-refractivity contribution in [2.45, 2.75) is 0 Å². The molecule has 0 radical (unpaired) electrons. The van der Waals surface area contributed by atoms with Crippen LogP contribution in [0.5, 0.6) is 11.5 Å². The minimum atomic E-state index is 0.593. The molecule has 1 aliphatic rings. The van der Waals surface area contributed by atoms with Crippen molar-refractivity contribution in [1.29, 1.82) is 0 Å². The number of anilines is 2. The van der Waals surface area contributed by atoms with Crippen LogP contribution in [0.15, 0.2) is 41.1 Å². The number of aromatic nitrogens is 1. The fourth-order valence-electron chi connectivity index (χ4n) is 1.75. The summed E-state index contributed by atoms with van der Waals surface area (Å²) in [5, 5.41) is 3.30. The molecule has 0 amide bonds. The van der Waals surface area contributed by atoms with Crippen molar-refractivity contribution in [2.75, 3.05) is 18.5 Å². The van der Waals surface area contributed by atoms with Gasteiger partial charge in [-0.2, -0.15) is 0 Å². The molecule has 0 unspecified atom stereocenters. The van der Waals surface area contributed by atoms with Gasteiger partial charge in [0, 0.05) is 24.1 Å². The molecular weight excluding hydrogens is 296 g/mol. The van der Waals surface area contributed by atoms with Gasteiger partial charge in [0.15, 0.2) is 11.5 Å². The largest absolute Gasteiger partial charge is 0.486 e. The van der Waals surface area contributed by atoms with Crippen molar-refractivity contribution in [1.82, 2.24) is 4.98 Å². The first-order chi connectivity index (χ1) is 8.83. The molecule has 92 valence electrons. The SMILES string of the molecule is Brc1cnccc1Nc1ccc2c(c1)OCCO2. The van der Waals surface area contributed by atoms with Crippen molar-refractivity contribution < 1.29 is 9.47 Å². The summed E-state index contributed by atoms with van der Waals surface area (Å²) in [5.74, 6) is 1.57. The van der Waals surface area contributed by atoms with E-state index in [1.54, 1.807) is 12.4 Å². The average molecular weight is 307 g/mol. The Morgan fingerprint density at radius 3 is 2.78 bits per heavy atom. The Hall–Kier alpha value is -1.75. The van der Waals surface area contributed by atoms with Crippen molar-refractivity contribution in [2.24, 2.45) is 0 Å². The average Bonchev–Trinajstić information content (AvgIpc) is 2.41. The predicted octanol–water partition coefficient (Wildman–Crippen LogP) is 3.36. The lowest BCUT2D eigenvalue weighted by atomic mass is 10.2. The second-order valence-corrected chi connectivity index (χ2v) is 4.69. The Morgan fingerprint density at radius 1 is 1.11 bits per heavy atom. The quantitative estimate of drug-likeness (QED) is 0.924. The smallest absolute Gasteiger partial charge is 0.163 e. The molecular formula is C13H11BrN2O2. The number of ether oxygens (including phenoxy) is 2. The van der Waals surface area contributed by atoms with Crippen LogP contribution in [0.25, 0.3) is 0 Å². The number of benzene rings is 1.